The summed E-state index contributed by atoms with van der Waals surface area (Å²) in [5, 5.41) is 8.16. The first-order chi connectivity index (χ1) is 50.7. The van der Waals surface area contributed by atoms with Gasteiger partial charge in [0.15, 0.2) is 0 Å². The van der Waals surface area contributed by atoms with Crippen LogP contribution in [-0.2, 0) is 0 Å². The van der Waals surface area contributed by atoms with E-state index in [1.165, 1.54) is 71.8 Å². The lowest BCUT2D eigenvalue weighted by molar-refractivity contribution is 0.669. The molecule has 0 N–H and O–H groups in total. The standard InChI is InChI=1S/C44H26.C42H26O/c1-2-6-27(7-3-1)34-24-35(37-20-16-32-14-12-28-8-4-10-30-18-22-39(37)43(32)41(28)30)26-36(25-34)38-21-17-33-15-13-29-9-5-11-31-19-23-40(38)44(33)42(29)31;1-2-12-27(13-3-1)28-16-10-17-31(24-28)40-32-18-6-8-20-34(32)41(35-21-9-7-19-33(35)40)36-22-11-23-38-42(36)37-25-29-14-4-5-15-30(29)26-39(37)43-38/h1-26H;1-26H/i4D,5D,8D,9D,10D,11D,12D,13D,14D,15D,16D,17D,18D,19D,20D,21D,22D,23D;. The van der Waals surface area contributed by atoms with E-state index in [1.807, 2.05) is 0 Å². The predicted octanol–water partition coefficient (Wildman–Crippen LogP) is 24.5. The fraction of sp³-hybridized carbons (Fsp3) is 0. The number of rotatable bonds is 6. The van der Waals surface area contributed by atoms with Crippen LogP contribution in [0.1, 0.15) is 24.7 Å². The molecule has 0 aliphatic heterocycles. The third-order valence-corrected chi connectivity index (χ3v) is 17.1. The van der Waals surface area contributed by atoms with Crippen molar-refractivity contribution in [2.45, 2.75) is 0 Å². The molecule has 87 heavy (non-hydrogen) atoms. The second-order valence-corrected chi connectivity index (χ2v) is 21.9. The van der Waals surface area contributed by atoms with Crippen LogP contribution >= 0.6 is 0 Å². The van der Waals surface area contributed by atoms with Crippen LogP contribution in [0.4, 0.5) is 0 Å². The van der Waals surface area contributed by atoms with Crippen molar-refractivity contribution < 1.29 is 29.1 Å². The predicted molar refractivity (Wildman–Crippen MR) is 373 cm³/mol. The fourth-order valence-electron chi connectivity index (χ4n) is 13.2. The average molecular weight is 1120 g/mol. The van der Waals surface area contributed by atoms with Crippen molar-refractivity contribution >= 4 is 119 Å². The lowest BCUT2D eigenvalue weighted by atomic mass is 9.84. The maximum atomic E-state index is 9.48. The minimum Gasteiger partial charge on any atom is -0.456 e. The van der Waals surface area contributed by atoms with E-state index < -0.39 is 109 Å². The van der Waals surface area contributed by atoms with E-state index in [2.05, 4.69) is 158 Å². The molecule has 0 amide bonds. The summed E-state index contributed by atoms with van der Waals surface area (Å²) in [7, 11) is 0. The molecule has 0 atom stereocenters. The molecular weight excluding hydrogens is 1050 g/mol. The van der Waals surface area contributed by atoms with E-state index in [0.717, 1.165) is 21.9 Å². The van der Waals surface area contributed by atoms with E-state index >= 15 is 0 Å². The molecule has 1 heteroatoms. The van der Waals surface area contributed by atoms with Gasteiger partial charge in [-0.25, -0.2) is 0 Å². The maximum absolute atomic E-state index is 9.48. The van der Waals surface area contributed by atoms with Gasteiger partial charge in [-0.1, -0.05) is 273 Å². The van der Waals surface area contributed by atoms with Gasteiger partial charge in [-0.05, 0) is 206 Å². The Morgan fingerprint density at radius 1 is 0.207 bits per heavy atom. The van der Waals surface area contributed by atoms with Crippen molar-refractivity contribution in [1.82, 2.24) is 0 Å². The van der Waals surface area contributed by atoms with Gasteiger partial charge in [-0.3, -0.25) is 0 Å². The van der Waals surface area contributed by atoms with Gasteiger partial charge in [0, 0.05) is 10.8 Å². The first kappa shape index (κ1) is 34.4. The van der Waals surface area contributed by atoms with E-state index in [1.54, 1.807) is 42.5 Å². The Morgan fingerprint density at radius 3 is 1.18 bits per heavy atom. The highest BCUT2D eigenvalue weighted by molar-refractivity contribution is 6.29. The Kier molecular flexibility index (Phi) is 7.75. The smallest absolute Gasteiger partial charge is 0.136 e. The minimum atomic E-state index is -0.600. The van der Waals surface area contributed by atoms with Crippen molar-refractivity contribution in [1.29, 1.82) is 0 Å². The van der Waals surface area contributed by atoms with Gasteiger partial charge in [-0.2, -0.15) is 0 Å². The summed E-state index contributed by atoms with van der Waals surface area (Å²) in [5.74, 6) is 0. The van der Waals surface area contributed by atoms with Crippen LogP contribution in [0.2, 0.25) is 0 Å². The molecule has 18 aromatic carbocycles. The van der Waals surface area contributed by atoms with E-state index in [9.17, 15) is 8.22 Å². The highest BCUT2D eigenvalue weighted by atomic mass is 16.3. The summed E-state index contributed by atoms with van der Waals surface area (Å²) >= 11 is 0. The molecule has 0 bridgehead atoms. The topological polar surface area (TPSA) is 13.1 Å². The van der Waals surface area contributed by atoms with Gasteiger partial charge in [0.25, 0.3) is 0 Å². The zero-order valence-electron chi connectivity index (χ0n) is 64.0. The summed E-state index contributed by atoms with van der Waals surface area (Å²) < 4.78 is 169. The number of fused-ring (bicyclic) bond motifs is 6. The first-order valence-corrected chi connectivity index (χ1v) is 28.7. The Labute approximate surface area is 527 Å². The first-order valence-electron chi connectivity index (χ1n) is 37.7. The van der Waals surface area contributed by atoms with Crippen LogP contribution in [-0.4, -0.2) is 0 Å². The third-order valence-electron chi connectivity index (χ3n) is 17.1. The van der Waals surface area contributed by atoms with Crippen LogP contribution in [0, 0.1) is 0 Å². The second kappa shape index (κ2) is 19.6. The van der Waals surface area contributed by atoms with Crippen LogP contribution in [0.25, 0.3) is 186 Å². The molecule has 0 radical (unpaired) electrons. The van der Waals surface area contributed by atoms with Crippen LogP contribution in [0.3, 0.4) is 0 Å². The monoisotopic (exact) mass is 1120 g/mol. The lowest BCUT2D eigenvalue weighted by Crippen LogP contribution is -1.91. The molecule has 0 aliphatic rings. The van der Waals surface area contributed by atoms with Crippen molar-refractivity contribution in [2.75, 3.05) is 0 Å². The van der Waals surface area contributed by atoms with Gasteiger partial charge in [0.05, 0.1) is 24.7 Å². The minimum absolute atomic E-state index is 0.00774. The molecule has 0 aliphatic carbocycles. The van der Waals surface area contributed by atoms with Gasteiger partial charge < -0.3 is 4.42 Å². The van der Waals surface area contributed by atoms with Crippen molar-refractivity contribution in [3.05, 3.63) is 315 Å². The molecule has 0 spiro atoms. The second-order valence-electron chi connectivity index (χ2n) is 21.9. The molecular formula is C86H52O. The summed E-state index contributed by atoms with van der Waals surface area (Å²) in [6.07, 6.45) is 0. The summed E-state index contributed by atoms with van der Waals surface area (Å²) in [6.45, 7) is 0. The zero-order valence-corrected chi connectivity index (χ0v) is 46.0. The fourth-order valence-corrected chi connectivity index (χ4v) is 13.2. The van der Waals surface area contributed by atoms with Crippen molar-refractivity contribution in [3.63, 3.8) is 0 Å². The van der Waals surface area contributed by atoms with Crippen molar-refractivity contribution in [2.24, 2.45) is 0 Å². The summed E-state index contributed by atoms with van der Waals surface area (Å²) in [6, 6.07) is 60.9. The Hall–Kier alpha value is -11.4. The number of hydrogen-bond donors (Lipinski definition) is 0. The van der Waals surface area contributed by atoms with E-state index in [4.69, 9.17) is 20.9 Å². The SMILES string of the molecule is [2H]c1c([2H])c2c([2H])c([2H])c3c([2H])c([2H])c(-c4cc(-c5ccccc5)cc(-c5c([2H])c([2H])c6c([2H])c([2H])c7c([2H])c([2H])c([2H])c8c([2H])c([2H])c5c6c78)c4)c4c([2H])c([2H])c(c1[2H])c2c34.c1ccc(-c2cccc(-c3c4ccccc4c(-c4cccc5oc6cc7ccccc7cc6c45)c4ccccc34)c2)cc1. The van der Waals surface area contributed by atoms with Crippen LogP contribution in [0.15, 0.2) is 319 Å². The van der Waals surface area contributed by atoms with Crippen molar-refractivity contribution in [3.8, 4) is 66.8 Å². The molecule has 19 aromatic rings. The molecule has 402 valence electrons. The Balaban J connectivity index is 0.000000159. The quantitative estimate of drug-likeness (QED) is 0.119. The average Bonchev–Trinajstić information content (AvgIpc) is 1.56. The molecule has 0 saturated carbocycles. The molecule has 1 heterocycles. The van der Waals surface area contributed by atoms with Gasteiger partial charge >= 0.3 is 0 Å². The number of furan rings is 1. The summed E-state index contributed by atoms with van der Waals surface area (Å²) in [4.78, 5) is 0. The maximum Gasteiger partial charge on any atom is 0.136 e. The number of hydrogen-bond acceptors (Lipinski definition) is 1. The van der Waals surface area contributed by atoms with Gasteiger partial charge in [-0.15, -0.1) is 0 Å². The van der Waals surface area contributed by atoms with Crippen LogP contribution < -0.4 is 0 Å². The normalized spacial score (nSPS) is 14.8. The number of benzene rings is 18. The van der Waals surface area contributed by atoms with Gasteiger partial charge in [0.2, 0.25) is 0 Å². The molecule has 0 saturated heterocycles. The molecule has 0 unspecified atom stereocenters. The van der Waals surface area contributed by atoms with Crippen LogP contribution in [0.5, 0.6) is 0 Å². The largest absolute Gasteiger partial charge is 0.456 e. The highest BCUT2D eigenvalue weighted by Crippen LogP contribution is 2.49. The Bertz CT molecular complexity index is 6730. The van der Waals surface area contributed by atoms with E-state index in [0.29, 0.717) is 11.1 Å². The highest BCUT2D eigenvalue weighted by Gasteiger charge is 2.22. The van der Waals surface area contributed by atoms with Gasteiger partial charge in [0.1, 0.15) is 11.2 Å². The molecule has 19 rings (SSSR count). The van der Waals surface area contributed by atoms with E-state index in [-0.39, 0.29) is 86.9 Å². The lowest BCUT2D eigenvalue weighted by Gasteiger charge is -2.18. The third kappa shape index (κ3) is 7.87. The molecule has 0 fully saturated rings. The summed E-state index contributed by atoms with van der Waals surface area (Å²) in [5.41, 5.74) is 10.4. The molecule has 1 nitrogen and oxygen atoms in total. The Morgan fingerprint density at radius 2 is 0.621 bits per heavy atom. The zero-order chi connectivity index (χ0) is 72.8. The molecule has 1 aromatic heterocycles.